The fourth-order valence-corrected chi connectivity index (χ4v) is 4.19. The Morgan fingerprint density at radius 2 is 1.95 bits per heavy atom. The number of likely N-dealkylation sites (tertiary alicyclic amines) is 1. The van der Waals surface area contributed by atoms with Gasteiger partial charge in [-0.3, -0.25) is 9.69 Å². The molecule has 0 amide bonds. The van der Waals surface area contributed by atoms with E-state index in [2.05, 4.69) is 0 Å². The van der Waals surface area contributed by atoms with Crippen LogP contribution in [0.4, 0.5) is 0 Å². The van der Waals surface area contributed by atoms with Crippen LogP contribution in [0.15, 0.2) is 29.2 Å². The molecular formula is C15H21NO4S. The summed E-state index contributed by atoms with van der Waals surface area (Å²) in [6.07, 6.45) is 0.534. The molecule has 1 N–H and O–H groups in total. The fraction of sp³-hybridized carbons (Fsp3) is 0.533. The van der Waals surface area contributed by atoms with Crippen LogP contribution in [0.1, 0.15) is 31.9 Å². The third kappa shape index (κ3) is 2.82. The molecule has 0 saturated carbocycles. The van der Waals surface area contributed by atoms with Crippen molar-refractivity contribution < 1.29 is 18.3 Å². The number of carboxylic acids is 1. The van der Waals surface area contributed by atoms with Crippen molar-refractivity contribution in [2.24, 2.45) is 5.92 Å². The van der Waals surface area contributed by atoms with Gasteiger partial charge in [0.15, 0.2) is 9.84 Å². The van der Waals surface area contributed by atoms with Gasteiger partial charge < -0.3 is 5.11 Å². The molecule has 1 aliphatic rings. The van der Waals surface area contributed by atoms with Crippen molar-refractivity contribution in [2.45, 2.75) is 36.5 Å². The first kappa shape index (κ1) is 16.0. The van der Waals surface area contributed by atoms with Gasteiger partial charge in [0.2, 0.25) is 0 Å². The molecule has 1 aromatic carbocycles. The van der Waals surface area contributed by atoms with Crippen LogP contribution in [0.5, 0.6) is 0 Å². The summed E-state index contributed by atoms with van der Waals surface area (Å²) in [5, 5.41) is 8.86. The summed E-state index contributed by atoms with van der Waals surface area (Å²) in [6.45, 7) is 3.93. The smallest absolute Gasteiger partial charge is 0.308 e. The molecule has 2 rings (SSSR count). The Bertz CT molecular complexity index is 639. The number of carboxylic acid groups (broad SMARTS) is 1. The van der Waals surface area contributed by atoms with Crippen molar-refractivity contribution in [1.29, 1.82) is 0 Å². The van der Waals surface area contributed by atoms with E-state index in [4.69, 9.17) is 0 Å². The Morgan fingerprint density at radius 1 is 1.33 bits per heavy atom. The molecule has 0 radical (unpaired) electrons. The highest BCUT2D eigenvalue weighted by molar-refractivity contribution is 7.92. The molecule has 0 aromatic heterocycles. The van der Waals surface area contributed by atoms with Crippen molar-refractivity contribution in [2.75, 3.05) is 13.6 Å². The Labute approximate surface area is 125 Å². The van der Waals surface area contributed by atoms with Gasteiger partial charge >= 0.3 is 5.97 Å². The van der Waals surface area contributed by atoms with Gasteiger partial charge in [-0.2, -0.15) is 0 Å². The van der Waals surface area contributed by atoms with Crippen molar-refractivity contribution in [3.05, 3.63) is 29.8 Å². The summed E-state index contributed by atoms with van der Waals surface area (Å²) < 4.78 is 25.1. The van der Waals surface area contributed by atoms with Crippen molar-refractivity contribution in [1.82, 2.24) is 4.90 Å². The average Bonchev–Trinajstić information content (AvgIpc) is 2.80. The molecule has 0 aliphatic carbocycles. The van der Waals surface area contributed by atoms with Gasteiger partial charge in [-0.1, -0.05) is 18.2 Å². The van der Waals surface area contributed by atoms with Crippen LogP contribution in [0, 0.1) is 5.92 Å². The molecule has 21 heavy (non-hydrogen) atoms. The number of hydrogen-bond acceptors (Lipinski definition) is 4. The third-order valence-corrected chi connectivity index (χ3v) is 6.36. The van der Waals surface area contributed by atoms with Crippen LogP contribution in [0.25, 0.3) is 0 Å². The van der Waals surface area contributed by atoms with Gasteiger partial charge in [-0.25, -0.2) is 8.42 Å². The molecule has 0 unspecified atom stereocenters. The summed E-state index contributed by atoms with van der Waals surface area (Å²) in [6, 6.07) is 6.36. The van der Waals surface area contributed by atoms with E-state index in [1.807, 2.05) is 11.9 Å². The second kappa shape index (κ2) is 5.77. The Balaban J connectivity index is 2.57. The molecule has 2 atom stereocenters. The van der Waals surface area contributed by atoms with Crippen LogP contribution in [0.3, 0.4) is 0 Å². The highest BCUT2D eigenvalue weighted by atomic mass is 32.2. The van der Waals surface area contributed by atoms with Crippen LogP contribution in [-0.4, -0.2) is 43.2 Å². The number of nitrogens with zero attached hydrogens (tertiary/aromatic N) is 1. The van der Waals surface area contributed by atoms with E-state index >= 15 is 0 Å². The molecule has 6 heteroatoms. The van der Waals surface area contributed by atoms with Crippen molar-refractivity contribution in [3.8, 4) is 0 Å². The minimum absolute atomic E-state index is 0.255. The second-order valence-electron chi connectivity index (χ2n) is 5.79. The van der Waals surface area contributed by atoms with Gasteiger partial charge in [0.05, 0.1) is 16.1 Å². The molecular weight excluding hydrogens is 290 g/mol. The molecule has 1 fully saturated rings. The lowest BCUT2D eigenvalue weighted by Gasteiger charge is -2.26. The first-order valence-electron chi connectivity index (χ1n) is 7.02. The van der Waals surface area contributed by atoms with Gasteiger partial charge in [0, 0.05) is 6.04 Å². The Hall–Kier alpha value is -1.40. The van der Waals surface area contributed by atoms with Crippen LogP contribution in [0.2, 0.25) is 0 Å². The van der Waals surface area contributed by atoms with Gasteiger partial charge in [-0.15, -0.1) is 0 Å². The standard InChI is InChI=1S/C15H21NO4S/c1-10(2)21(19,20)13-7-5-4-6-11(13)14-12(15(17)18)8-9-16(14)3/h4-7,10,12,14H,8-9H2,1-3H3,(H,17,18)/t12-,14-/m1/s1. The topological polar surface area (TPSA) is 74.7 Å². The normalized spacial score (nSPS) is 23.6. The molecule has 1 aromatic rings. The minimum Gasteiger partial charge on any atom is -0.481 e. The number of hydrogen-bond donors (Lipinski definition) is 1. The van der Waals surface area contributed by atoms with E-state index in [1.165, 1.54) is 0 Å². The van der Waals surface area contributed by atoms with Crippen LogP contribution in [-0.2, 0) is 14.6 Å². The molecule has 116 valence electrons. The number of aliphatic carboxylic acids is 1. The monoisotopic (exact) mass is 311 g/mol. The highest BCUT2D eigenvalue weighted by Crippen LogP contribution is 2.39. The summed E-state index contributed by atoms with van der Waals surface area (Å²) in [4.78, 5) is 13.6. The van der Waals surface area contributed by atoms with E-state index in [9.17, 15) is 18.3 Å². The first-order valence-corrected chi connectivity index (χ1v) is 8.57. The number of benzene rings is 1. The van der Waals surface area contributed by atoms with Crippen molar-refractivity contribution >= 4 is 15.8 Å². The van der Waals surface area contributed by atoms with E-state index < -0.39 is 33.0 Å². The molecule has 1 aliphatic heterocycles. The third-order valence-electron chi connectivity index (χ3n) is 4.13. The molecule has 0 spiro atoms. The average molecular weight is 311 g/mol. The lowest BCUT2D eigenvalue weighted by atomic mass is 9.94. The number of rotatable bonds is 4. The zero-order chi connectivity index (χ0) is 15.8. The van der Waals surface area contributed by atoms with Gasteiger partial charge in [-0.05, 0) is 45.5 Å². The lowest BCUT2D eigenvalue weighted by molar-refractivity contribution is -0.142. The largest absolute Gasteiger partial charge is 0.481 e. The van der Waals surface area contributed by atoms with E-state index in [0.29, 0.717) is 18.5 Å². The van der Waals surface area contributed by atoms with E-state index in [-0.39, 0.29) is 4.90 Å². The second-order valence-corrected chi connectivity index (χ2v) is 8.26. The maximum absolute atomic E-state index is 12.5. The molecule has 1 heterocycles. The molecule has 0 bridgehead atoms. The zero-order valence-corrected chi connectivity index (χ0v) is 13.3. The number of sulfone groups is 1. The van der Waals surface area contributed by atoms with E-state index in [0.717, 1.165) is 0 Å². The summed E-state index contributed by atoms with van der Waals surface area (Å²) in [5.74, 6) is -1.44. The highest BCUT2D eigenvalue weighted by Gasteiger charge is 2.40. The predicted molar refractivity (Wildman–Crippen MR) is 79.9 cm³/mol. The quantitative estimate of drug-likeness (QED) is 0.920. The van der Waals surface area contributed by atoms with Crippen molar-refractivity contribution in [3.63, 3.8) is 0 Å². The molecule has 1 saturated heterocycles. The maximum Gasteiger partial charge on any atom is 0.308 e. The summed E-state index contributed by atoms with van der Waals surface area (Å²) >= 11 is 0. The van der Waals surface area contributed by atoms with Crippen LogP contribution >= 0.6 is 0 Å². The Kier molecular flexibility index (Phi) is 4.39. The predicted octanol–water partition coefficient (Wildman–Crippen LogP) is 1.95. The fourth-order valence-electron chi connectivity index (χ4n) is 2.90. The Morgan fingerprint density at radius 3 is 2.52 bits per heavy atom. The zero-order valence-electron chi connectivity index (χ0n) is 12.5. The van der Waals surface area contributed by atoms with Crippen LogP contribution < -0.4 is 0 Å². The number of carbonyl (C=O) groups is 1. The van der Waals surface area contributed by atoms with Gasteiger partial charge in [0.1, 0.15) is 0 Å². The lowest BCUT2D eigenvalue weighted by Crippen LogP contribution is -2.28. The molecule has 5 nitrogen and oxygen atoms in total. The minimum atomic E-state index is -3.44. The SMILES string of the molecule is CC(C)S(=O)(=O)c1ccccc1[C@@H]1[C@H](C(=O)O)CCN1C. The van der Waals surface area contributed by atoms with Gasteiger partial charge in [0.25, 0.3) is 0 Å². The van der Waals surface area contributed by atoms with E-state index in [1.54, 1.807) is 38.1 Å². The summed E-state index contributed by atoms with van der Waals surface area (Å²) in [5.41, 5.74) is 0.596. The first-order chi connectivity index (χ1) is 9.76. The summed E-state index contributed by atoms with van der Waals surface area (Å²) in [7, 11) is -1.60. The maximum atomic E-state index is 12.5.